The van der Waals surface area contributed by atoms with Crippen molar-refractivity contribution >= 4 is 0 Å². The molecule has 6 heteroatoms. The van der Waals surface area contributed by atoms with Gasteiger partial charge in [-0.15, -0.1) is 0 Å². The third-order valence-corrected chi connectivity index (χ3v) is 2.84. The van der Waals surface area contributed by atoms with Crippen LogP contribution in [0.2, 0.25) is 0 Å². The van der Waals surface area contributed by atoms with Crippen LogP contribution in [0.15, 0.2) is 30.5 Å². The van der Waals surface area contributed by atoms with E-state index < -0.39 is 11.6 Å². The number of nitrogens with one attached hydrogen (secondary N) is 1. The number of aromatic nitrogens is 2. The monoisotopic (exact) mass is 252 g/mol. The molecular weight excluding hydrogens is 238 g/mol. The van der Waals surface area contributed by atoms with Crippen molar-refractivity contribution < 1.29 is 8.78 Å². The highest BCUT2D eigenvalue weighted by molar-refractivity contribution is 5.21. The minimum atomic E-state index is -0.853. The highest BCUT2D eigenvalue weighted by Gasteiger charge is 2.15. The average Bonchev–Trinajstić information content (AvgIpc) is 2.77. The molecule has 0 aliphatic heterocycles. The second-order valence-electron chi connectivity index (χ2n) is 4.05. The van der Waals surface area contributed by atoms with Crippen molar-refractivity contribution in [3.63, 3.8) is 0 Å². The maximum absolute atomic E-state index is 13.1. The summed E-state index contributed by atoms with van der Waals surface area (Å²) in [5, 5.41) is 4.05. The molecule has 3 N–H and O–H groups in total. The molecule has 0 spiro atoms. The lowest BCUT2D eigenvalue weighted by Gasteiger charge is -2.16. The van der Waals surface area contributed by atoms with Crippen LogP contribution in [0.3, 0.4) is 0 Å². The van der Waals surface area contributed by atoms with Gasteiger partial charge in [0.05, 0.1) is 11.7 Å². The van der Waals surface area contributed by atoms with Crippen LogP contribution in [-0.2, 0) is 13.5 Å². The van der Waals surface area contributed by atoms with Crippen molar-refractivity contribution in [3.05, 3.63) is 53.4 Å². The second-order valence-corrected chi connectivity index (χ2v) is 4.05. The van der Waals surface area contributed by atoms with Crippen LogP contribution in [0.5, 0.6) is 0 Å². The zero-order valence-electron chi connectivity index (χ0n) is 9.90. The van der Waals surface area contributed by atoms with Crippen LogP contribution in [0.4, 0.5) is 8.78 Å². The molecule has 0 amide bonds. The van der Waals surface area contributed by atoms with Gasteiger partial charge in [0.25, 0.3) is 0 Å². The molecule has 2 aromatic rings. The molecule has 2 rings (SSSR count). The lowest BCUT2D eigenvalue weighted by atomic mass is 10.0. The number of hydrogen-bond donors (Lipinski definition) is 2. The van der Waals surface area contributed by atoms with E-state index >= 15 is 0 Å². The van der Waals surface area contributed by atoms with E-state index in [1.54, 1.807) is 24.0 Å². The Hall–Kier alpha value is -1.79. The zero-order chi connectivity index (χ0) is 13.1. The molecule has 1 heterocycles. The van der Waals surface area contributed by atoms with E-state index in [0.29, 0.717) is 12.0 Å². The Balaban J connectivity index is 2.20. The van der Waals surface area contributed by atoms with Gasteiger partial charge in [-0.25, -0.2) is 8.78 Å². The predicted molar refractivity (Wildman–Crippen MR) is 63.3 cm³/mol. The van der Waals surface area contributed by atoms with Crippen LogP contribution in [-0.4, -0.2) is 9.78 Å². The summed E-state index contributed by atoms with van der Waals surface area (Å²) in [5.74, 6) is 3.79. The van der Waals surface area contributed by atoms with Crippen LogP contribution in [0, 0.1) is 11.6 Å². The van der Waals surface area contributed by atoms with Crippen LogP contribution >= 0.6 is 0 Å². The van der Waals surface area contributed by atoms with Crippen molar-refractivity contribution in [1.29, 1.82) is 0 Å². The molecule has 1 atom stereocenters. The molecule has 0 radical (unpaired) electrons. The quantitative estimate of drug-likeness (QED) is 0.639. The molecule has 96 valence electrons. The topological polar surface area (TPSA) is 55.9 Å². The number of halogens is 2. The Kier molecular flexibility index (Phi) is 3.69. The fourth-order valence-electron chi connectivity index (χ4n) is 1.88. The van der Waals surface area contributed by atoms with Crippen molar-refractivity contribution in [1.82, 2.24) is 15.2 Å². The number of hydrogen-bond acceptors (Lipinski definition) is 3. The van der Waals surface area contributed by atoms with Gasteiger partial charge in [0.2, 0.25) is 0 Å². The molecular formula is C12H14F2N4. The first-order chi connectivity index (χ1) is 8.61. The molecule has 0 saturated heterocycles. The van der Waals surface area contributed by atoms with Gasteiger partial charge in [0.1, 0.15) is 0 Å². The Bertz CT molecular complexity index is 539. The minimum absolute atomic E-state index is 0.206. The van der Waals surface area contributed by atoms with Gasteiger partial charge >= 0.3 is 0 Å². The van der Waals surface area contributed by atoms with E-state index in [1.807, 2.05) is 6.07 Å². The van der Waals surface area contributed by atoms with E-state index in [-0.39, 0.29) is 6.04 Å². The Morgan fingerprint density at radius 3 is 2.67 bits per heavy atom. The molecule has 18 heavy (non-hydrogen) atoms. The van der Waals surface area contributed by atoms with Crippen molar-refractivity contribution in [3.8, 4) is 0 Å². The number of nitrogens with two attached hydrogens (primary N) is 1. The highest BCUT2D eigenvalue weighted by Crippen LogP contribution is 2.18. The van der Waals surface area contributed by atoms with E-state index in [1.165, 1.54) is 6.07 Å². The third-order valence-electron chi connectivity index (χ3n) is 2.84. The highest BCUT2D eigenvalue weighted by atomic mass is 19.2. The lowest BCUT2D eigenvalue weighted by molar-refractivity contribution is 0.493. The van der Waals surface area contributed by atoms with E-state index in [2.05, 4.69) is 10.5 Å². The van der Waals surface area contributed by atoms with Gasteiger partial charge in [-0.1, -0.05) is 6.07 Å². The lowest BCUT2D eigenvalue weighted by Crippen LogP contribution is -2.31. The van der Waals surface area contributed by atoms with Crippen molar-refractivity contribution in [2.45, 2.75) is 12.5 Å². The van der Waals surface area contributed by atoms with Gasteiger partial charge in [0, 0.05) is 13.2 Å². The summed E-state index contributed by atoms with van der Waals surface area (Å²) in [7, 11) is 1.80. The molecule has 0 bridgehead atoms. The summed E-state index contributed by atoms with van der Waals surface area (Å²) in [6.45, 7) is 0. The number of rotatable bonds is 4. The van der Waals surface area contributed by atoms with Gasteiger partial charge in [-0.05, 0) is 30.2 Å². The molecule has 1 aromatic heterocycles. The molecule has 0 aliphatic carbocycles. The molecule has 4 nitrogen and oxygen atoms in total. The smallest absolute Gasteiger partial charge is 0.159 e. The maximum atomic E-state index is 13.1. The molecule has 0 aliphatic rings. The normalized spacial score (nSPS) is 12.7. The van der Waals surface area contributed by atoms with Gasteiger partial charge in [-0.2, -0.15) is 5.10 Å². The second kappa shape index (κ2) is 5.24. The maximum Gasteiger partial charge on any atom is 0.159 e. The van der Waals surface area contributed by atoms with Crippen LogP contribution in [0.1, 0.15) is 17.3 Å². The van der Waals surface area contributed by atoms with E-state index in [9.17, 15) is 8.78 Å². The summed E-state index contributed by atoms with van der Waals surface area (Å²) < 4.78 is 27.6. The zero-order valence-corrected chi connectivity index (χ0v) is 9.90. The first kappa shape index (κ1) is 12.7. The van der Waals surface area contributed by atoms with Crippen LogP contribution < -0.4 is 11.3 Å². The van der Waals surface area contributed by atoms with E-state index in [4.69, 9.17) is 5.84 Å². The number of nitrogens with zero attached hydrogens (tertiary/aromatic N) is 2. The van der Waals surface area contributed by atoms with Crippen molar-refractivity contribution in [2.75, 3.05) is 0 Å². The molecule has 1 aromatic carbocycles. The number of aryl methyl sites for hydroxylation is 1. The van der Waals surface area contributed by atoms with Gasteiger partial charge in [0.15, 0.2) is 11.6 Å². The molecule has 0 fully saturated rings. The number of benzene rings is 1. The predicted octanol–water partition coefficient (Wildman–Crippen LogP) is 1.45. The largest absolute Gasteiger partial charge is 0.271 e. The van der Waals surface area contributed by atoms with Crippen LogP contribution in [0.25, 0.3) is 0 Å². The standard InChI is InChI=1S/C12H14F2N4/c1-18-12(4-5-16-18)11(17-15)7-8-2-3-9(13)10(14)6-8/h2-6,11,17H,7,15H2,1H3. The number of hydrazine groups is 1. The summed E-state index contributed by atoms with van der Waals surface area (Å²) in [4.78, 5) is 0. The fraction of sp³-hybridized carbons (Fsp3) is 0.250. The first-order valence-corrected chi connectivity index (χ1v) is 5.49. The summed E-state index contributed by atoms with van der Waals surface area (Å²) in [5.41, 5.74) is 4.19. The minimum Gasteiger partial charge on any atom is -0.271 e. The van der Waals surface area contributed by atoms with Gasteiger partial charge < -0.3 is 0 Å². The Labute approximate surface area is 103 Å². The average molecular weight is 252 g/mol. The molecule has 0 saturated carbocycles. The van der Waals surface area contributed by atoms with Gasteiger partial charge in [-0.3, -0.25) is 16.0 Å². The van der Waals surface area contributed by atoms with Crippen molar-refractivity contribution in [2.24, 2.45) is 12.9 Å². The SMILES string of the molecule is Cn1nccc1C(Cc1ccc(F)c(F)c1)NN. The summed E-state index contributed by atoms with van der Waals surface area (Å²) in [6, 6.07) is 5.45. The molecule has 1 unspecified atom stereocenters. The third kappa shape index (κ3) is 2.55. The van der Waals surface area contributed by atoms with E-state index in [0.717, 1.165) is 11.8 Å². The Morgan fingerprint density at radius 2 is 2.11 bits per heavy atom. The fourth-order valence-corrected chi connectivity index (χ4v) is 1.88. The summed E-state index contributed by atoms with van der Waals surface area (Å²) in [6.07, 6.45) is 2.11. The first-order valence-electron chi connectivity index (χ1n) is 5.49. The Morgan fingerprint density at radius 1 is 1.33 bits per heavy atom. The summed E-state index contributed by atoms with van der Waals surface area (Å²) >= 11 is 0.